The van der Waals surface area contributed by atoms with Gasteiger partial charge in [0.05, 0.1) is 23.9 Å². The summed E-state index contributed by atoms with van der Waals surface area (Å²) in [6.07, 6.45) is 2.70. The van der Waals surface area contributed by atoms with Gasteiger partial charge in [-0.3, -0.25) is 4.99 Å². The van der Waals surface area contributed by atoms with Gasteiger partial charge >= 0.3 is 0 Å². The van der Waals surface area contributed by atoms with E-state index in [4.69, 9.17) is 9.47 Å². The van der Waals surface area contributed by atoms with Gasteiger partial charge < -0.3 is 20.1 Å². The fourth-order valence-electron chi connectivity index (χ4n) is 2.89. The zero-order valence-corrected chi connectivity index (χ0v) is 19.3. The Kier molecular flexibility index (Phi) is 8.23. The highest BCUT2D eigenvalue weighted by molar-refractivity contribution is 7.11. The van der Waals surface area contributed by atoms with Crippen LogP contribution in [0.1, 0.15) is 34.5 Å². The summed E-state index contributed by atoms with van der Waals surface area (Å²) in [6.45, 7) is 8.04. The molecule has 3 aromatic rings. The van der Waals surface area contributed by atoms with E-state index in [1.165, 1.54) is 4.88 Å². The Morgan fingerprint density at radius 2 is 1.81 bits per heavy atom. The van der Waals surface area contributed by atoms with E-state index in [9.17, 15) is 0 Å². The molecule has 2 aromatic heterocycles. The van der Waals surface area contributed by atoms with Crippen molar-refractivity contribution in [3.63, 3.8) is 0 Å². The number of hydrogen-bond acceptors (Lipinski definition) is 6. The first kappa shape index (κ1) is 22.6. The molecule has 3 rings (SSSR count). The van der Waals surface area contributed by atoms with Crippen LogP contribution in [0.15, 0.2) is 47.6 Å². The molecule has 8 heteroatoms. The number of guanidine groups is 1. The summed E-state index contributed by atoms with van der Waals surface area (Å²) >= 11 is 1.69. The lowest BCUT2D eigenvalue weighted by atomic mass is 10.2. The van der Waals surface area contributed by atoms with Crippen LogP contribution in [-0.2, 0) is 13.1 Å². The first-order chi connectivity index (χ1) is 15.1. The maximum Gasteiger partial charge on any atom is 0.224 e. The maximum atomic E-state index is 6.01. The molecule has 1 aromatic carbocycles. The minimum absolute atomic E-state index is 0.529. The Labute approximate surface area is 187 Å². The van der Waals surface area contributed by atoms with Gasteiger partial charge in [-0.25, -0.2) is 9.97 Å². The fourth-order valence-corrected chi connectivity index (χ4v) is 3.76. The van der Waals surface area contributed by atoms with E-state index in [1.54, 1.807) is 24.6 Å². The molecule has 0 radical (unpaired) electrons. The van der Waals surface area contributed by atoms with Crippen molar-refractivity contribution in [2.45, 2.75) is 40.3 Å². The lowest BCUT2D eigenvalue weighted by Crippen LogP contribution is -2.36. The Bertz CT molecular complexity index is 1000. The molecule has 2 heterocycles. The van der Waals surface area contributed by atoms with Crippen LogP contribution in [0, 0.1) is 13.8 Å². The molecule has 0 aliphatic carbocycles. The highest BCUT2D eigenvalue weighted by Crippen LogP contribution is 2.25. The average molecular weight is 440 g/mol. The van der Waals surface area contributed by atoms with E-state index in [2.05, 4.69) is 32.5 Å². The number of nitrogens with one attached hydrogen (secondary N) is 2. The van der Waals surface area contributed by atoms with E-state index >= 15 is 0 Å². The van der Waals surface area contributed by atoms with Crippen LogP contribution >= 0.6 is 11.3 Å². The molecule has 7 nitrogen and oxygen atoms in total. The van der Waals surface area contributed by atoms with E-state index < -0.39 is 0 Å². The smallest absolute Gasteiger partial charge is 0.224 e. The number of rotatable bonds is 9. The van der Waals surface area contributed by atoms with Crippen LogP contribution in [0.3, 0.4) is 0 Å². The molecule has 0 aliphatic heterocycles. The standard InChI is InChI=1S/C23H29N5O2S/c1-5-13-29-19-8-10-20(11-9-19)30-22-18(7-6-12-25-22)14-26-23(24-4)27-15-21-16(2)28-17(3)31-21/h6-12H,5,13-15H2,1-4H3,(H2,24,26,27). The van der Waals surface area contributed by atoms with E-state index in [1.807, 2.05) is 50.2 Å². The van der Waals surface area contributed by atoms with Gasteiger partial charge in [0.1, 0.15) is 11.5 Å². The Balaban J connectivity index is 1.58. The van der Waals surface area contributed by atoms with Crippen molar-refractivity contribution in [3.05, 3.63) is 63.7 Å². The minimum Gasteiger partial charge on any atom is -0.494 e. The Morgan fingerprint density at radius 3 is 2.48 bits per heavy atom. The third kappa shape index (κ3) is 6.68. The molecule has 0 spiro atoms. The third-order valence-electron chi connectivity index (χ3n) is 4.45. The summed E-state index contributed by atoms with van der Waals surface area (Å²) in [5.41, 5.74) is 1.99. The molecule has 0 amide bonds. The van der Waals surface area contributed by atoms with Crippen molar-refractivity contribution < 1.29 is 9.47 Å². The van der Waals surface area contributed by atoms with E-state index in [0.717, 1.165) is 28.4 Å². The number of ether oxygens (including phenoxy) is 2. The topological polar surface area (TPSA) is 80.7 Å². The number of aromatic nitrogens is 2. The fraction of sp³-hybridized carbons (Fsp3) is 0.348. The van der Waals surface area contributed by atoms with E-state index in [0.29, 0.717) is 37.3 Å². The largest absolute Gasteiger partial charge is 0.494 e. The summed E-state index contributed by atoms with van der Waals surface area (Å²) in [6, 6.07) is 11.5. The lowest BCUT2D eigenvalue weighted by Gasteiger charge is -2.14. The molecule has 0 saturated carbocycles. The van der Waals surface area contributed by atoms with Crippen molar-refractivity contribution >= 4 is 17.3 Å². The average Bonchev–Trinajstić information content (AvgIpc) is 3.11. The zero-order valence-electron chi connectivity index (χ0n) is 18.4. The molecule has 0 aliphatic rings. The highest BCUT2D eigenvalue weighted by Gasteiger charge is 2.09. The van der Waals surface area contributed by atoms with Gasteiger partial charge in [0.2, 0.25) is 5.88 Å². The summed E-state index contributed by atoms with van der Waals surface area (Å²) in [4.78, 5) is 14.4. The molecule has 0 unspecified atom stereocenters. The van der Waals surface area contributed by atoms with E-state index in [-0.39, 0.29) is 0 Å². The molecule has 31 heavy (non-hydrogen) atoms. The quantitative estimate of drug-likeness (QED) is 0.375. The summed E-state index contributed by atoms with van der Waals surface area (Å²) in [7, 11) is 1.75. The van der Waals surface area contributed by atoms with Gasteiger partial charge in [-0.1, -0.05) is 13.0 Å². The number of thiazole rings is 1. The van der Waals surface area contributed by atoms with Crippen LogP contribution in [0.2, 0.25) is 0 Å². The van der Waals surface area contributed by atoms with Crippen molar-refractivity contribution in [1.82, 2.24) is 20.6 Å². The monoisotopic (exact) mass is 439 g/mol. The van der Waals surface area contributed by atoms with Crippen LogP contribution in [0.25, 0.3) is 0 Å². The highest BCUT2D eigenvalue weighted by atomic mass is 32.1. The number of pyridine rings is 1. The summed E-state index contributed by atoms with van der Waals surface area (Å²) in [5.74, 6) is 2.81. The van der Waals surface area contributed by atoms with Crippen LogP contribution in [0.5, 0.6) is 17.4 Å². The second-order valence-corrected chi connectivity index (χ2v) is 8.20. The Hall–Kier alpha value is -3.13. The summed E-state index contributed by atoms with van der Waals surface area (Å²) < 4.78 is 11.6. The number of nitrogens with zero attached hydrogens (tertiary/aromatic N) is 3. The SMILES string of the molecule is CCCOc1ccc(Oc2ncccc2CNC(=NC)NCc2sc(C)nc2C)cc1. The number of hydrogen-bond donors (Lipinski definition) is 2. The molecular formula is C23H29N5O2S. The van der Waals surface area contributed by atoms with Crippen LogP contribution in [-0.4, -0.2) is 29.6 Å². The molecule has 0 atom stereocenters. The predicted molar refractivity (Wildman–Crippen MR) is 125 cm³/mol. The second-order valence-electron chi connectivity index (χ2n) is 6.91. The Morgan fingerprint density at radius 1 is 1.06 bits per heavy atom. The van der Waals surface area contributed by atoms with Crippen molar-refractivity contribution in [3.8, 4) is 17.4 Å². The van der Waals surface area contributed by atoms with Crippen molar-refractivity contribution in [2.24, 2.45) is 4.99 Å². The van der Waals surface area contributed by atoms with Crippen LogP contribution in [0.4, 0.5) is 0 Å². The van der Waals surface area contributed by atoms with Crippen molar-refractivity contribution in [2.75, 3.05) is 13.7 Å². The lowest BCUT2D eigenvalue weighted by molar-refractivity contribution is 0.317. The molecular weight excluding hydrogens is 410 g/mol. The van der Waals surface area contributed by atoms with Crippen molar-refractivity contribution in [1.29, 1.82) is 0 Å². The second kappa shape index (κ2) is 11.3. The molecule has 2 N–H and O–H groups in total. The van der Waals surface area contributed by atoms with Gasteiger partial charge in [0, 0.05) is 30.2 Å². The van der Waals surface area contributed by atoms with Gasteiger partial charge in [-0.05, 0) is 50.6 Å². The molecule has 0 fully saturated rings. The molecule has 164 valence electrons. The maximum absolute atomic E-state index is 6.01. The molecule has 0 saturated heterocycles. The molecule has 0 bridgehead atoms. The number of benzene rings is 1. The number of aliphatic imine (C=N–C) groups is 1. The van der Waals surface area contributed by atoms with Gasteiger partial charge in [-0.15, -0.1) is 11.3 Å². The van der Waals surface area contributed by atoms with Crippen LogP contribution < -0.4 is 20.1 Å². The number of aryl methyl sites for hydroxylation is 2. The summed E-state index contributed by atoms with van der Waals surface area (Å²) in [5, 5.41) is 7.73. The third-order valence-corrected chi connectivity index (χ3v) is 5.52. The van der Waals surface area contributed by atoms with Gasteiger partial charge in [0.25, 0.3) is 0 Å². The minimum atomic E-state index is 0.529. The predicted octanol–water partition coefficient (Wildman–Crippen LogP) is 4.60. The first-order valence-electron chi connectivity index (χ1n) is 10.3. The normalized spacial score (nSPS) is 11.3. The van der Waals surface area contributed by atoms with Gasteiger partial charge in [-0.2, -0.15) is 0 Å². The zero-order chi connectivity index (χ0) is 22.1. The first-order valence-corrected chi connectivity index (χ1v) is 11.1. The van der Waals surface area contributed by atoms with Gasteiger partial charge in [0.15, 0.2) is 5.96 Å².